The smallest absolute Gasteiger partial charge is 0.255 e. The first-order valence-corrected chi connectivity index (χ1v) is 6.73. The van der Waals surface area contributed by atoms with E-state index in [2.05, 4.69) is 0 Å². The largest absolute Gasteiger partial charge is 0.399 e. The standard InChI is InChI=1S/C14H19ClN2O/c1-9(2)17(8-10-3-4-10)14(18)12-6-5-11(16)7-13(12)15/h5-7,9-10H,3-4,8,16H2,1-2H3. The zero-order valence-corrected chi connectivity index (χ0v) is 11.6. The number of nitrogen functional groups attached to an aromatic ring is 1. The van der Waals surface area contributed by atoms with Crippen LogP contribution >= 0.6 is 11.6 Å². The van der Waals surface area contributed by atoms with Crippen LogP contribution in [0.1, 0.15) is 37.0 Å². The molecule has 3 nitrogen and oxygen atoms in total. The number of rotatable bonds is 4. The maximum atomic E-state index is 12.5. The highest BCUT2D eigenvalue weighted by atomic mass is 35.5. The van der Waals surface area contributed by atoms with Crippen molar-refractivity contribution in [3.8, 4) is 0 Å². The molecule has 1 amide bonds. The second kappa shape index (κ2) is 5.19. The van der Waals surface area contributed by atoms with Crippen LogP contribution in [0.5, 0.6) is 0 Å². The van der Waals surface area contributed by atoms with Crippen LogP contribution in [-0.2, 0) is 0 Å². The van der Waals surface area contributed by atoms with Gasteiger partial charge in [0.15, 0.2) is 0 Å². The first-order valence-electron chi connectivity index (χ1n) is 6.35. The van der Waals surface area contributed by atoms with Crippen LogP contribution < -0.4 is 5.73 Å². The van der Waals surface area contributed by atoms with Crippen LogP contribution in [0.2, 0.25) is 5.02 Å². The van der Waals surface area contributed by atoms with Gasteiger partial charge in [0.25, 0.3) is 5.91 Å². The Kier molecular flexibility index (Phi) is 3.81. The van der Waals surface area contributed by atoms with E-state index in [1.165, 1.54) is 12.8 Å². The molecule has 18 heavy (non-hydrogen) atoms. The summed E-state index contributed by atoms with van der Waals surface area (Å²) < 4.78 is 0. The van der Waals surface area contributed by atoms with Gasteiger partial charge < -0.3 is 10.6 Å². The van der Waals surface area contributed by atoms with Crippen LogP contribution in [0.3, 0.4) is 0 Å². The third kappa shape index (κ3) is 2.96. The van der Waals surface area contributed by atoms with Crippen LogP contribution in [0.15, 0.2) is 18.2 Å². The summed E-state index contributed by atoms with van der Waals surface area (Å²) in [6.45, 7) is 4.90. The molecule has 0 bridgehead atoms. The quantitative estimate of drug-likeness (QED) is 0.851. The first kappa shape index (κ1) is 13.2. The third-order valence-corrected chi connectivity index (χ3v) is 3.57. The van der Waals surface area contributed by atoms with Crippen molar-refractivity contribution in [3.63, 3.8) is 0 Å². The van der Waals surface area contributed by atoms with Crippen molar-refractivity contribution in [2.45, 2.75) is 32.7 Å². The number of halogens is 1. The number of benzene rings is 1. The van der Waals surface area contributed by atoms with E-state index < -0.39 is 0 Å². The maximum Gasteiger partial charge on any atom is 0.255 e. The van der Waals surface area contributed by atoms with Gasteiger partial charge in [0.1, 0.15) is 0 Å². The molecule has 0 atom stereocenters. The molecule has 0 heterocycles. The topological polar surface area (TPSA) is 46.3 Å². The van der Waals surface area contributed by atoms with Gasteiger partial charge >= 0.3 is 0 Å². The SMILES string of the molecule is CC(C)N(CC1CC1)C(=O)c1ccc(N)cc1Cl. The minimum absolute atomic E-state index is 0.00176. The second-order valence-electron chi connectivity index (χ2n) is 5.23. The van der Waals surface area contributed by atoms with E-state index in [1.54, 1.807) is 18.2 Å². The summed E-state index contributed by atoms with van der Waals surface area (Å²) in [4.78, 5) is 14.4. The van der Waals surface area contributed by atoms with E-state index in [4.69, 9.17) is 17.3 Å². The van der Waals surface area contributed by atoms with Crippen molar-refractivity contribution < 1.29 is 4.79 Å². The van der Waals surface area contributed by atoms with Gasteiger partial charge in [-0.05, 0) is 50.8 Å². The van der Waals surface area contributed by atoms with E-state index in [0.29, 0.717) is 22.2 Å². The molecule has 0 spiro atoms. The Morgan fingerprint density at radius 2 is 2.17 bits per heavy atom. The van der Waals surface area contributed by atoms with Crippen molar-refractivity contribution in [3.05, 3.63) is 28.8 Å². The second-order valence-corrected chi connectivity index (χ2v) is 5.64. The average molecular weight is 267 g/mol. The van der Waals surface area contributed by atoms with E-state index in [-0.39, 0.29) is 11.9 Å². The highest BCUT2D eigenvalue weighted by Crippen LogP contribution is 2.31. The van der Waals surface area contributed by atoms with Gasteiger partial charge in [-0.15, -0.1) is 0 Å². The number of nitrogens with two attached hydrogens (primary N) is 1. The molecule has 1 fully saturated rings. The summed E-state index contributed by atoms with van der Waals surface area (Å²) >= 11 is 6.10. The predicted octanol–water partition coefficient (Wildman–Crippen LogP) is 3.18. The first-order chi connectivity index (χ1) is 8.49. The highest BCUT2D eigenvalue weighted by Gasteiger charge is 2.29. The number of nitrogens with zero attached hydrogens (tertiary/aromatic N) is 1. The zero-order chi connectivity index (χ0) is 13.3. The minimum Gasteiger partial charge on any atom is -0.399 e. The molecule has 1 saturated carbocycles. The van der Waals surface area contributed by atoms with Crippen LogP contribution in [-0.4, -0.2) is 23.4 Å². The van der Waals surface area contributed by atoms with Gasteiger partial charge in [0, 0.05) is 18.3 Å². The predicted molar refractivity (Wildman–Crippen MR) is 74.8 cm³/mol. The Labute approximate surface area is 113 Å². The number of amides is 1. The van der Waals surface area contributed by atoms with Gasteiger partial charge in [0.2, 0.25) is 0 Å². The molecule has 0 saturated heterocycles. The fourth-order valence-corrected chi connectivity index (χ4v) is 2.24. The fourth-order valence-electron chi connectivity index (χ4n) is 1.97. The third-order valence-electron chi connectivity index (χ3n) is 3.26. The van der Waals surface area contributed by atoms with Crippen molar-refractivity contribution >= 4 is 23.2 Å². The fraction of sp³-hybridized carbons (Fsp3) is 0.500. The Hall–Kier alpha value is -1.22. The zero-order valence-electron chi connectivity index (χ0n) is 10.8. The van der Waals surface area contributed by atoms with E-state index in [1.807, 2.05) is 18.7 Å². The van der Waals surface area contributed by atoms with Gasteiger partial charge in [-0.3, -0.25) is 4.79 Å². The van der Waals surface area contributed by atoms with Crippen molar-refractivity contribution in [2.75, 3.05) is 12.3 Å². The number of carbonyl (C=O) groups is 1. The molecule has 1 aliphatic rings. The summed E-state index contributed by atoms with van der Waals surface area (Å²) in [6.07, 6.45) is 2.46. The molecular formula is C14H19ClN2O. The van der Waals surface area contributed by atoms with Crippen LogP contribution in [0.25, 0.3) is 0 Å². The van der Waals surface area contributed by atoms with Gasteiger partial charge in [-0.2, -0.15) is 0 Å². The Bertz CT molecular complexity index is 455. The van der Waals surface area contributed by atoms with Crippen LogP contribution in [0, 0.1) is 5.92 Å². The van der Waals surface area contributed by atoms with E-state index in [0.717, 1.165) is 6.54 Å². The summed E-state index contributed by atoms with van der Waals surface area (Å²) in [6, 6.07) is 5.24. The van der Waals surface area contributed by atoms with Gasteiger partial charge in [-0.25, -0.2) is 0 Å². The summed E-state index contributed by atoms with van der Waals surface area (Å²) in [7, 11) is 0. The van der Waals surface area contributed by atoms with E-state index in [9.17, 15) is 4.79 Å². The van der Waals surface area contributed by atoms with Crippen molar-refractivity contribution in [1.29, 1.82) is 0 Å². The lowest BCUT2D eigenvalue weighted by Gasteiger charge is -2.27. The number of hydrogen-bond donors (Lipinski definition) is 1. The molecule has 1 aromatic rings. The molecule has 0 unspecified atom stereocenters. The molecule has 1 aliphatic carbocycles. The summed E-state index contributed by atoms with van der Waals surface area (Å²) in [5.41, 5.74) is 6.77. The molecule has 0 radical (unpaired) electrons. The molecule has 0 aromatic heterocycles. The molecule has 1 aromatic carbocycles. The number of anilines is 1. The van der Waals surface area contributed by atoms with Crippen LogP contribution in [0.4, 0.5) is 5.69 Å². The molecule has 2 N–H and O–H groups in total. The molecule has 0 aliphatic heterocycles. The summed E-state index contributed by atoms with van der Waals surface area (Å²) in [5.74, 6) is 0.672. The normalized spacial score (nSPS) is 14.9. The highest BCUT2D eigenvalue weighted by molar-refractivity contribution is 6.34. The Morgan fingerprint density at radius 1 is 1.50 bits per heavy atom. The molecule has 2 rings (SSSR count). The lowest BCUT2D eigenvalue weighted by Crippen LogP contribution is -2.38. The van der Waals surface area contributed by atoms with Crippen molar-refractivity contribution in [2.24, 2.45) is 5.92 Å². The van der Waals surface area contributed by atoms with Gasteiger partial charge in [-0.1, -0.05) is 11.6 Å². The average Bonchev–Trinajstić information content (AvgIpc) is 3.08. The number of hydrogen-bond acceptors (Lipinski definition) is 2. The van der Waals surface area contributed by atoms with Gasteiger partial charge in [0.05, 0.1) is 10.6 Å². The number of carbonyl (C=O) groups excluding carboxylic acids is 1. The Morgan fingerprint density at radius 3 is 2.67 bits per heavy atom. The van der Waals surface area contributed by atoms with Crippen molar-refractivity contribution in [1.82, 2.24) is 4.90 Å². The lowest BCUT2D eigenvalue weighted by molar-refractivity contribution is 0.0696. The molecule has 98 valence electrons. The Balaban J connectivity index is 2.20. The lowest BCUT2D eigenvalue weighted by atomic mass is 10.1. The maximum absolute atomic E-state index is 12.5. The molecule has 4 heteroatoms. The molecular weight excluding hydrogens is 248 g/mol. The monoisotopic (exact) mass is 266 g/mol. The minimum atomic E-state index is 0.00176. The van der Waals surface area contributed by atoms with E-state index >= 15 is 0 Å². The summed E-state index contributed by atoms with van der Waals surface area (Å²) in [5, 5.41) is 0.432.